The van der Waals surface area contributed by atoms with Crippen LogP contribution in [-0.2, 0) is 6.42 Å². The zero-order chi connectivity index (χ0) is 13.2. The molecule has 1 aliphatic rings. The van der Waals surface area contributed by atoms with Crippen molar-refractivity contribution in [3.05, 3.63) is 65.2 Å². The molecule has 3 rings (SSSR count). The topological polar surface area (TPSA) is 24.9 Å². The van der Waals surface area contributed by atoms with E-state index in [1.165, 1.54) is 0 Å². The van der Waals surface area contributed by atoms with Crippen LogP contribution in [0.1, 0.15) is 42.1 Å². The van der Waals surface area contributed by atoms with Gasteiger partial charge in [0, 0.05) is 24.5 Å². The molecule has 3 heteroatoms. The predicted molar refractivity (Wildman–Crippen MR) is 73.2 cm³/mol. The summed E-state index contributed by atoms with van der Waals surface area (Å²) in [5.41, 5.74) is 3.14. The number of aromatic nitrogens is 1. The van der Waals surface area contributed by atoms with Gasteiger partial charge in [0.05, 0.1) is 0 Å². The standard InChI is InChI=1S/C16H17FN2/c1-11(12-4-3-9-18-10-12)19-16-8-7-13-14(16)5-2-6-15(13)17/h2-6,9-11,16,19H,7-8H2,1H3. The summed E-state index contributed by atoms with van der Waals surface area (Å²) in [5.74, 6) is -0.0733. The lowest BCUT2D eigenvalue weighted by atomic mass is 10.1. The monoisotopic (exact) mass is 256 g/mol. The summed E-state index contributed by atoms with van der Waals surface area (Å²) in [6, 6.07) is 9.82. The van der Waals surface area contributed by atoms with Gasteiger partial charge >= 0.3 is 0 Å². The van der Waals surface area contributed by atoms with Crippen LogP contribution in [0, 0.1) is 5.82 Å². The number of nitrogens with zero attached hydrogens (tertiary/aromatic N) is 1. The van der Waals surface area contributed by atoms with Gasteiger partial charge in [0.1, 0.15) is 5.82 Å². The molecule has 0 aliphatic heterocycles. The Balaban J connectivity index is 1.78. The highest BCUT2D eigenvalue weighted by molar-refractivity contribution is 5.36. The average Bonchev–Trinajstić information content (AvgIpc) is 2.84. The maximum absolute atomic E-state index is 13.7. The molecule has 0 spiro atoms. The van der Waals surface area contributed by atoms with E-state index in [0.29, 0.717) is 0 Å². The molecule has 0 fully saturated rings. The maximum Gasteiger partial charge on any atom is 0.126 e. The fourth-order valence-electron chi connectivity index (χ4n) is 2.81. The number of hydrogen-bond acceptors (Lipinski definition) is 2. The third kappa shape index (κ3) is 2.38. The molecule has 1 aromatic carbocycles. The van der Waals surface area contributed by atoms with Gasteiger partial charge in [-0.25, -0.2) is 4.39 Å². The van der Waals surface area contributed by atoms with Crippen molar-refractivity contribution < 1.29 is 4.39 Å². The summed E-state index contributed by atoms with van der Waals surface area (Å²) >= 11 is 0. The molecule has 19 heavy (non-hydrogen) atoms. The van der Waals surface area contributed by atoms with Gasteiger partial charge in [0.2, 0.25) is 0 Å². The van der Waals surface area contributed by atoms with Crippen LogP contribution in [0.15, 0.2) is 42.7 Å². The van der Waals surface area contributed by atoms with Crippen molar-refractivity contribution in [2.45, 2.75) is 31.8 Å². The van der Waals surface area contributed by atoms with E-state index >= 15 is 0 Å². The van der Waals surface area contributed by atoms with Crippen LogP contribution < -0.4 is 5.32 Å². The van der Waals surface area contributed by atoms with Crippen LogP contribution in [0.5, 0.6) is 0 Å². The number of nitrogens with one attached hydrogen (secondary N) is 1. The zero-order valence-corrected chi connectivity index (χ0v) is 10.9. The molecule has 2 atom stereocenters. The lowest BCUT2D eigenvalue weighted by molar-refractivity contribution is 0.464. The van der Waals surface area contributed by atoms with Crippen LogP contribution >= 0.6 is 0 Å². The van der Waals surface area contributed by atoms with E-state index in [0.717, 1.165) is 29.5 Å². The third-order valence-corrected chi connectivity index (χ3v) is 3.85. The predicted octanol–water partition coefficient (Wildman–Crippen LogP) is 3.56. The highest BCUT2D eigenvalue weighted by Crippen LogP contribution is 2.34. The van der Waals surface area contributed by atoms with Crippen LogP contribution in [0.4, 0.5) is 4.39 Å². The largest absolute Gasteiger partial charge is 0.303 e. The summed E-state index contributed by atoms with van der Waals surface area (Å²) in [6.07, 6.45) is 5.43. The van der Waals surface area contributed by atoms with Crippen LogP contribution in [-0.4, -0.2) is 4.98 Å². The van der Waals surface area contributed by atoms with E-state index in [2.05, 4.69) is 23.3 Å². The van der Waals surface area contributed by atoms with Gasteiger partial charge in [-0.3, -0.25) is 4.98 Å². The van der Waals surface area contributed by atoms with E-state index in [4.69, 9.17) is 0 Å². The molecule has 1 aromatic heterocycles. The molecule has 98 valence electrons. The third-order valence-electron chi connectivity index (χ3n) is 3.85. The summed E-state index contributed by atoms with van der Waals surface area (Å²) in [6.45, 7) is 2.12. The molecule has 0 bridgehead atoms. The Labute approximate surface area is 112 Å². The summed E-state index contributed by atoms with van der Waals surface area (Å²) in [7, 11) is 0. The first-order chi connectivity index (χ1) is 9.25. The fourth-order valence-corrected chi connectivity index (χ4v) is 2.81. The van der Waals surface area contributed by atoms with E-state index in [9.17, 15) is 4.39 Å². The van der Waals surface area contributed by atoms with Crippen molar-refractivity contribution in [3.8, 4) is 0 Å². The summed E-state index contributed by atoms with van der Waals surface area (Å²) in [5, 5.41) is 3.57. The normalized spacial score (nSPS) is 19.2. The Morgan fingerprint density at radius 2 is 2.21 bits per heavy atom. The van der Waals surface area contributed by atoms with Crippen molar-refractivity contribution in [1.29, 1.82) is 0 Å². The molecular weight excluding hydrogens is 239 g/mol. The first-order valence-corrected chi connectivity index (χ1v) is 6.69. The molecular formula is C16H17FN2. The molecule has 0 amide bonds. The lowest BCUT2D eigenvalue weighted by Crippen LogP contribution is -2.23. The van der Waals surface area contributed by atoms with Crippen LogP contribution in [0.3, 0.4) is 0 Å². The second kappa shape index (κ2) is 5.10. The van der Waals surface area contributed by atoms with Crippen LogP contribution in [0.2, 0.25) is 0 Å². The van der Waals surface area contributed by atoms with Crippen molar-refractivity contribution >= 4 is 0 Å². The molecule has 2 nitrogen and oxygen atoms in total. The highest BCUT2D eigenvalue weighted by atomic mass is 19.1. The Morgan fingerprint density at radius 1 is 1.32 bits per heavy atom. The second-order valence-electron chi connectivity index (χ2n) is 5.07. The Bertz CT molecular complexity index is 568. The van der Waals surface area contributed by atoms with Crippen LogP contribution in [0.25, 0.3) is 0 Å². The van der Waals surface area contributed by atoms with Crippen molar-refractivity contribution in [2.24, 2.45) is 0 Å². The smallest absolute Gasteiger partial charge is 0.126 e. The number of pyridine rings is 1. The van der Waals surface area contributed by atoms with Gasteiger partial charge in [-0.05, 0) is 48.6 Å². The second-order valence-corrected chi connectivity index (χ2v) is 5.07. The quantitative estimate of drug-likeness (QED) is 0.908. The number of rotatable bonds is 3. The van der Waals surface area contributed by atoms with Crippen molar-refractivity contribution in [1.82, 2.24) is 10.3 Å². The Kier molecular flexibility index (Phi) is 3.30. The number of benzene rings is 1. The molecule has 2 aromatic rings. The molecule has 0 saturated carbocycles. The van der Waals surface area contributed by atoms with E-state index in [1.54, 1.807) is 18.3 Å². The first-order valence-electron chi connectivity index (χ1n) is 6.69. The first kappa shape index (κ1) is 12.3. The average molecular weight is 256 g/mol. The van der Waals surface area contributed by atoms with Crippen molar-refractivity contribution in [3.63, 3.8) is 0 Å². The van der Waals surface area contributed by atoms with E-state index < -0.39 is 0 Å². The minimum absolute atomic E-state index is 0.0733. The fraction of sp³-hybridized carbons (Fsp3) is 0.312. The number of halogens is 1. The minimum atomic E-state index is -0.0733. The summed E-state index contributed by atoms with van der Waals surface area (Å²) in [4.78, 5) is 4.14. The number of fused-ring (bicyclic) bond motifs is 1. The molecule has 1 heterocycles. The summed E-state index contributed by atoms with van der Waals surface area (Å²) < 4.78 is 13.7. The molecule has 1 N–H and O–H groups in total. The van der Waals surface area contributed by atoms with Gasteiger partial charge in [-0.15, -0.1) is 0 Å². The molecule has 0 saturated heterocycles. The zero-order valence-electron chi connectivity index (χ0n) is 10.9. The molecule has 2 unspecified atom stereocenters. The van der Waals surface area contributed by atoms with Gasteiger partial charge in [0.15, 0.2) is 0 Å². The Hall–Kier alpha value is -1.74. The molecule has 0 radical (unpaired) electrons. The van der Waals surface area contributed by atoms with E-state index in [1.807, 2.05) is 18.3 Å². The van der Waals surface area contributed by atoms with Gasteiger partial charge in [0.25, 0.3) is 0 Å². The minimum Gasteiger partial charge on any atom is -0.303 e. The van der Waals surface area contributed by atoms with Gasteiger partial charge in [-0.2, -0.15) is 0 Å². The van der Waals surface area contributed by atoms with Crippen molar-refractivity contribution in [2.75, 3.05) is 0 Å². The molecule has 1 aliphatic carbocycles. The highest BCUT2D eigenvalue weighted by Gasteiger charge is 2.25. The SMILES string of the molecule is CC(NC1CCc2c(F)cccc21)c1cccnc1. The Morgan fingerprint density at radius 3 is 3.00 bits per heavy atom. The van der Waals surface area contributed by atoms with Gasteiger partial charge in [-0.1, -0.05) is 18.2 Å². The number of hydrogen-bond donors (Lipinski definition) is 1. The van der Waals surface area contributed by atoms with Gasteiger partial charge < -0.3 is 5.32 Å². The van der Waals surface area contributed by atoms with E-state index in [-0.39, 0.29) is 17.9 Å². The lowest BCUT2D eigenvalue weighted by Gasteiger charge is -2.20. The maximum atomic E-state index is 13.7.